The first-order chi connectivity index (χ1) is 13.2. The van der Waals surface area contributed by atoms with Gasteiger partial charge in [-0.3, -0.25) is 9.79 Å². The Kier molecular flexibility index (Phi) is 14.0. The van der Waals surface area contributed by atoms with Gasteiger partial charge in [0.1, 0.15) is 5.60 Å². The number of nitrogens with zero attached hydrogens (tertiary/aromatic N) is 2. The van der Waals surface area contributed by atoms with Crippen molar-refractivity contribution in [3.05, 3.63) is 0 Å². The van der Waals surface area contributed by atoms with Gasteiger partial charge in [0.05, 0.1) is 13.2 Å². The summed E-state index contributed by atoms with van der Waals surface area (Å²) in [6.07, 6.45) is 4.90. The Morgan fingerprint density at radius 2 is 1.86 bits per heavy atom. The molecule has 0 aromatic heterocycles. The Labute approximate surface area is 192 Å². The van der Waals surface area contributed by atoms with Gasteiger partial charge >= 0.3 is 12.1 Å². The second kappa shape index (κ2) is 14.7. The molecule has 1 rings (SSSR count). The third kappa shape index (κ3) is 12.8. The number of aliphatic imine (C=N–C) groups is 1. The van der Waals surface area contributed by atoms with E-state index in [4.69, 9.17) is 9.73 Å². The van der Waals surface area contributed by atoms with E-state index < -0.39 is 5.60 Å². The maximum atomic E-state index is 11.9. The summed E-state index contributed by atoms with van der Waals surface area (Å²) in [5.41, 5.74) is -0.490. The molecule has 1 amide bonds. The van der Waals surface area contributed by atoms with Gasteiger partial charge in [0, 0.05) is 32.6 Å². The summed E-state index contributed by atoms with van der Waals surface area (Å²) in [5.74, 6) is 0.751. The third-order valence-corrected chi connectivity index (χ3v) is 4.32. The van der Waals surface area contributed by atoms with E-state index in [-0.39, 0.29) is 42.1 Å². The number of hydrogen-bond donors (Lipinski definition) is 2. The van der Waals surface area contributed by atoms with Crippen LogP contribution in [0.4, 0.5) is 4.79 Å². The molecule has 1 fully saturated rings. The van der Waals surface area contributed by atoms with Crippen LogP contribution in [0.25, 0.3) is 0 Å². The highest BCUT2D eigenvalue weighted by Crippen LogP contribution is 2.12. The standard InChI is InChI=1S/C20H38N4O4.HI/c1-6-21-18(22-13-10-8-7-9-11-17(25)27-5)24-14-12-16(15-24)23-19(26)28-20(2,3)4;/h16H,6-15H2,1-5H3,(H,21,22)(H,23,26);1H. The SMILES string of the molecule is CCNC(=NCCCCCCC(=O)OC)N1CCC(NC(=O)OC(C)(C)C)C1.I. The number of amides is 1. The number of carbonyl (C=O) groups excluding carboxylic acids is 2. The second-order valence-corrected chi connectivity index (χ2v) is 8.05. The summed E-state index contributed by atoms with van der Waals surface area (Å²) >= 11 is 0. The number of unbranched alkanes of at least 4 members (excludes halogenated alkanes) is 3. The van der Waals surface area contributed by atoms with E-state index in [1.807, 2.05) is 20.8 Å². The minimum atomic E-state index is -0.490. The van der Waals surface area contributed by atoms with Gasteiger partial charge in [-0.2, -0.15) is 0 Å². The number of carbonyl (C=O) groups is 2. The average molecular weight is 526 g/mol. The largest absolute Gasteiger partial charge is 0.469 e. The lowest BCUT2D eigenvalue weighted by Gasteiger charge is -2.23. The first-order valence-corrected chi connectivity index (χ1v) is 10.3. The summed E-state index contributed by atoms with van der Waals surface area (Å²) in [5, 5.41) is 6.28. The van der Waals surface area contributed by atoms with Crippen molar-refractivity contribution in [2.24, 2.45) is 4.99 Å². The molecule has 0 spiro atoms. The van der Waals surface area contributed by atoms with Crippen LogP contribution in [0.15, 0.2) is 4.99 Å². The van der Waals surface area contributed by atoms with E-state index in [9.17, 15) is 9.59 Å². The summed E-state index contributed by atoms with van der Waals surface area (Å²) < 4.78 is 9.97. The zero-order valence-electron chi connectivity index (χ0n) is 18.6. The number of alkyl carbamates (subject to hydrolysis) is 1. The van der Waals surface area contributed by atoms with Crippen LogP contribution in [0.2, 0.25) is 0 Å². The summed E-state index contributed by atoms with van der Waals surface area (Å²) in [6.45, 7) is 10.8. The number of hydrogen-bond acceptors (Lipinski definition) is 5. The second-order valence-electron chi connectivity index (χ2n) is 8.05. The smallest absolute Gasteiger partial charge is 0.407 e. The van der Waals surface area contributed by atoms with Crippen LogP contribution in [0.1, 0.15) is 66.2 Å². The molecule has 0 aromatic rings. The minimum Gasteiger partial charge on any atom is -0.469 e. The van der Waals surface area contributed by atoms with Crippen molar-refractivity contribution in [3.8, 4) is 0 Å². The van der Waals surface area contributed by atoms with Crippen molar-refractivity contribution >= 4 is 42.0 Å². The number of esters is 1. The number of nitrogens with one attached hydrogen (secondary N) is 2. The van der Waals surface area contributed by atoms with Gasteiger partial charge in [0.2, 0.25) is 0 Å². The molecule has 0 aliphatic carbocycles. The molecule has 29 heavy (non-hydrogen) atoms. The van der Waals surface area contributed by atoms with Crippen molar-refractivity contribution < 1.29 is 19.1 Å². The highest BCUT2D eigenvalue weighted by atomic mass is 127. The van der Waals surface area contributed by atoms with Gasteiger partial charge in [-0.25, -0.2) is 4.79 Å². The summed E-state index contributed by atoms with van der Waals surface area (Å²) in [4.78, 5) is 29.9. The van der Waals surface area contributed by atoms with Gasteiger partial charge in [0.15, 0.2) is 5.96 Å². The molecule has 8 nitrogen and oxygen atoms in total. The Balaban J connectivity index is 0.00000784. The van der Waals surface area contributed by atoms with Crippen molar-refractivity contribution in [2.45, 2.75) is 77.9 Å². The zero-order valence-corrected chi connectivity index (χ0v) is 20.9. The molecule has 1 heterocycles. The van der Waals surface area contributed by atoms with Crippen LogP contribution in [0, 0.1) is 0 Å². The molecular weight excluding hydrogens is 487 g/mol. The molecule has 9 heteroatoms. The molecule has 1 aliphatic rings. The van der Waals surface area contributed by atoms with E-state index in [1.165, 1.54) is 7.11 Å². The molecule has 1 saturated heterocycles. The molecule has 0 saturated carbocycles. The van der Waals surface area contributed by atoms with Crippen molar-refractivity contribution in [1.29, 1.82) is 0 Å². The van der Waals surface area contributed by atoms with E-state index in [0.29, 0.717) is 6.42 Å². The van der Waals surface area contributed by atoms with Crippen molar-refractivity contribution in [1.82, 2.24) is 15.5 Å². The fourth-order valence-corrected chi connectivity index (χ4v) is 2.99. The third-order valence-electron chi connectivity index (χ3n) is 4.32. The lowest BCUT2D eigenvalue weighted by molar-refractivity contribution is -0.140. The molecule has 0 radical (unpaired) electrons. The van der Waals surface area contributed by atoms with Gasteiger partial charge in [-0.1, -0.05) is 12.8 Å². The van der Waals surface area contributed by atoms with E-state index in [0.717, 1.165) is 64.2 Å². The van der Waals surface area contributed by atoms with Gasteiger partial charge in [-0.15, -0.1) is 24.0 Å². The molecule has 0 aromatic carbocycles. The van der Waals surface area contributed by atoms with Crippen LogP contribution in [-0.2, 0) is 14.3 Å². The van der Waals surface area contributed by atoms with E-state index in [2.05, 4.69) is 27.2 Å². The van der Waals surface area contributed by atoms with Crippen LogP contribution in [0.5, 0.6) is 0 Å². The Morgan fingerprint density at radius 3 is 2.48 bits per heavy atom. The Hall–Kier alpha value is -1.26. The maximum absolute atomic E-state index is 11.9. The van der Waals surface area contributed by atoms with Crippen LogP contribution >= 0.6 is 24.0 Å². The lowest BCUT2D eigenvalue weighted by Crippen LogP contribution is -2.44. The number of rotatable bonds is 9. The maximum Gasteiger partial charge on any atom is 0.407 e. The number of methoxy groups -OCH3 is 1. The van der Waals surface area contributed by atoms with E-state index >= 15 is 0 Å². The first-order valence-electron chi connectivity index (χ1n) is 10.3. The van der Waals surface area contributed by atoms with Gasteiger partial charge in [0.25, 0.3) is 0 Å². The monoisotopic (exact) mass is 526 g/mol. The molecule has 170 valence electrons. The van der Waals surface area contributed by atoms with Crippen LogP contribution in [-0.4, -0.2) is 67.9 Å². The van der Waals surface area contributed by atoms with Gasteiger partial charge < -0.3 is 25.0 Å². The first kappa shape index (κ1) is 27.7. The quantitative estimate of drug-likeness (QED) is 0.158. The average Bonchev–Trinajstić information content (AvgIpc) is 3.06. The molecule has 2 N–H and O–H groups in total. The normalized spacial score (nSPS) is 16.8. The molecule has 1 aliphatic heterocycles. The zero-order chi connectivity index (χ0) is 21.0. The molecule has 1 unspecified atom stereocenters. The predicted octanol–water partition coefficient (Wildman–Crippen LogP) is 3.29. The van der Waals surface area contributed by atoms with Crippen LogP contribution < -0.4 is 10.6 Å². The number of halogens is 1. The number of guanidine groups is 1. The van der Waals surface area contributed by atoms with Crippen LogP contribution in [0.3, 0.4) is 0 Å². The van der Waals surface area contributed by atoms with E-state index in [1.54, 1.807) is 0 Å². The van der Waals surface area contributed by atoms with Gasteiger partial charge in [-0.05, 0) is 47.0 Å². The Morgan fingerprint density at radius 1 is 1.17 bits per heavy atom. The minimum absolute atomic E-state index is 0. The van der Waals surface area contributed by atoms with Crippen molar-refractivity contribution in [2.75, 3.05) is 33.3 Å². The fourth-order valence-electron chi connectivity index (χ4n) is 2.99. The van der Waals surface area contributed by atoms with Crippen molar-refractivity contribution in [3.63, 3.8) is 0 Å². The fraction of sp³-hybridized carbons (Fsp3) is 0.850. The topological polar surface area (TPSA) is 92.3 Å². The molecule has 0 bridgehead atoms. The number of likely N-dealkylation sites (tertiary alicyclic amines) is 1. The Bertz CT molecular complexity index is 523. The number of ether oxygens (including phenoxy) is 2. The lowest BCUT2D eigenvalue weighted by atomic mass is 10.1. The molecule has 1 atom stereocenters. The summed E-state index contributed by atoms with van der Waals surface area (Å²) in [7, 11) is 1.42. The summed E-state index contributed by atoms with van der Waals surface area (Å²) in [6, 6.07) is 0.0667. The highest BCUT2D eigenvalue weighted by molar-refractivity contribution is 14.0. The predicted molar refractivity (Wildman–Crippen MR) is 126 cm³/mol. The highest BCUT2D eigenvalue weighted by Gasteiger charge is 2.27. The molecular formula is C20H39IN4O4.